The molecule has 0 aliphatic rings. The smallest absolute Gasteiger partial charge is 0.205 e. The number of hydrogen-bond donors (Lipinski definition) is 0. The fourth-order valence-electron chi connectivity index (χ4n) is 0.992. The summed E-state index contributed by atoms with van der Waals surface area (Å²) in [5.74, 6) is -0.105. The summed E-state index contributed by atoms with van der Waals surface area (Å²) in [6.45, 7) is 1.97. The van der Waals surface area contributed by atoms with E-state index >= 15 is 0 Å². The van der Waals surface area contributed by atoms with Gasteiger partial charge in [0.15, 0.2) is 0 Å². The van der Waals surface area contributed by atoms with Crippen molar-refractivity contribution in [2.75, 3.05) is 0 Å². The number of carbonyl (C=O) groups is 1. The maximum absolute atomic E-state index is 11.5. The van der Waals surface area contributed by atoms with Gasteiger partial charge in [0.1, 0.15) is 5.69 Å². The third-order valence-electron chi connectivity index (χ3n) is 1.63. The van der Waals surface area contributed by atoms with Crippen LogP contribution < -0.4 is 0 Å². The van der Waals surface area contributed by atoms with Crippen molar-refractivity contribution in [2.45, 2.75) is 13.3 Å². The van der Waals surface area contributed by atoms with Crippen LogP contribution in [0, 0.1) is 0 Å². The highest BCUT2D eigenvalue weighted by molar-refractivity contribution is 6.34. The zero-order chi connectivity index (χ0) is 9.84. The number of hydrogen-bond acceptors (Lipinski definition) is 2. The molecule has 1 heterocycles. The van der Waals surface area contributed by atoms with Gasteiger partial charge in [-0.05, 0) is 12.5 Å². The van der Waals surface area contributed by atoms with Gasteiger partial charge in [-0.2, -0.15) is 5.10 Å². The molecule has 70 valence electrons. The summed E-state index contributed by atoms with van der Waals surface area (Å²) in [4.78, 5) is 11.5. The SMILES string of the molecule is CC/C=C/C(=O)c1c(Cl)cnn1C. The molecule has 0 fully saturated rings. The van der Waals surface area contributed by atoms with E-state index in [0.29, 0.717) is 10.7 Å². The Bertz CT molecular complexity index is 322. The summed E-state index contributed by atoms with van der Waals surface area (Å²) in [6.07, 6.45) is 5.62. The minimum absolute atomic E-state index is 0.105. The molecular formula is C9H11ClN2O. The van der Waals surface area contributed by atoms with Gasteiger partial charge in [0.05, 0.1) is 11.2 Å². The molecule has 0 aliphatic carbocycles. The topological polar surface area (TPSA) is 34.9 Å². The molecule has 0 spiro atoms. The molecule has 3 nitrogen and oxygen atoms in total. The molecular weight excluding hydrogens is 188 g/mol. The largest absolute Gasteiger partial charge is 0.288 e. The molecule has 0 aliphatic heterocycles. The van der Waals surface area contributed by atoms with Crippen LogP contribution in [0.25, 0.3) is 0 Å². The van der Waals surface area contributed by atoms with Gasteiger partial charge in [-0.3, -0.25) is 9.48 Å². The third-order valence-corrected chi connectivity index (χ3v) is 1.91. The molecule has 0 amide bonds. The average molecular weight is 199 g/mol. The Morgan fingerprint density at radius 3 is 2.92 bits per heavy atom. The van der Waals surface area contributed by atoms with Crippen molar-refractivity contribution in [2.24, 2.45) is 7.05 Å². The molecule has 0 atom stereocenters. The Hall–Kier alpha value is -1.09. The van der Waals surface area contributed by atoms with E-state index in [9.17, 15) is 4.79 Å². The number of rotatable bonds is 3. The predicted molar refractivity (Wildman–Crippen MR) is 52.0 cm³/mol. The average Bonchev–Trinajstić information content (AvgIpc) is 2.42. The van der Waals surface area contributed by atoms with E-state index in [2.05, 4.69) is 5.10 Å². The number of allylic oxidation sites excluding steroid dienone is 2. The van der Waals surface area contributed by atoms with Crippen molar-refractivity contribution in [1.29, 1.82) is 0 Å². The molecule has 0 unspecified atom stereocenters. The molecule has 0 radical (unpaired) electrons. The summed E-state index contributed by atoms with van der Waals surface area (Å²) < 4.78 is 1.48. The first-order valence-electron chi connectivity index (χ1n) is 4.05. The second kappa shape index (κ2) is 4.23. The number of halogens is 1. The fraction of sp³-hybridized carbons (Fsp3) is 0.333. The lowest BCUT2D eigenvalue weighted by Gasteiger charge is -1.96. The van der Waals surface area contributed by atoms with Crippen molar-refractivity contribution >= 4 is 17.4 Å². The highest BCUT2D eigenvalue weighted by Gasteiger charge is 2.11. The molecule has 13 heavy (non-hydrogen) atoms. The van der Waals surface area contributed by atoms with E-state index < -0.39 is 0 Å². The van der Waals surface area contributed by atoms with E-state index in [0.717, 1.165) is 6.42 Å². The minimum Gasteiger partial charge on any atom is -0.288 e. The normalized spacial score (nSPS) is 11.0. The first-order valence-corrected chi connectivity index (χ1v) is 4.43. The molecule has 0 saturated carbocycles. The number of aryl methyl sites for hydroxylation is 1. The van der Waals surface area contributed by atoms with Crippen LogP contribution in [0.15, 0.2) is 18.3 Å². The van der Waals surface area contributed by atoms with Gasteiger partial charge in [0, 0.05) is 7.05 Å². The van der Waals surface area contributed by atoms with Crippen LogP contribution in [0.5, 0.6) is 0 Å². The van der Waals surface area contributed by atoms with Gasteiger partial charge in [-0.25, -0.2) is 0 Å². The maximum atomic E-state index is 11.5. The summed E-state index contributed by atoms with van der Waals surface area (Å²) in [6, 6.07) is 0. The van der Waals surface area contributed by atoms with E-state index in [-0.39, 0.29) is 5.78 Å². The summed E-state index contributed by atoms with van der Waals surface area (Å²) in [5, 5.41) is 4.27. The molecule has 1 rings (SSSR count). The zero-order valence-electron chi connectivity index (χ0n) is 7.62. The van der Waals surface area contributed by atoms with Crippen molar-refractivity contribution in [1.82, 2.24) is 9.78 Å². The van der Waals surface area contributed by atoms with Gasteiger partial charge in [-0.15, -0.1) is 0 Å². The summed E-state index contributed by atoms with van der Waals surface area (Å²) in [7, 11) is 1.69. The molecule has 1 aromatic heterocycles. The first kappa shape index (κ1) is 9.99. The lowest BCUT2D eigenvalue weighted by Crippen LogP contribution is -2.04. The second-order valence-corrected chi connectivity index (χ2v) is 3.05. The Morgan fingerprint density at radius 1 is 1.77 bits per heavy atom. The van der Waals surface area contributed by atoms with Crippen molar-refractivity contribution in [3.8, 4) is 0 Å². The summed E-state index contributed by atoms with van der Waals surface area (Å²) >= 11 is 5.78. The van der Waals surface area contributed by atoms with Gasteiger partial charge in [0.25, 0.3) is 0 Å². The Morgan fingerprint density at radius 2 is 2.46 bits per heavy atom. The van der Waals surface area contributed by atoms with E-state index in [1.165, 1.54) is 17.0 Å². The predicted octanol–water partition coefficient (Wildman–Crippen LogP) is 2.22. The van der Waals surface area contributed by atoms with E-state index in [1.807, 2.05) is 6.92 Å². The molecule has 1 aromatic rings. The van der Waals surface area contributed by atoms with Crippen LogP contribution in [0.3, 0.4) is 0 Å². The Kier molecular flexibility index (Phi) is 3.25. The molecule has 4 heteroatoms. The van der Waals surface area contributed by atoms with Crippen LogP contribution >= 0.6 is 11.6 Å². The van der Waals surface area contributed by atoms with Crippen LogP contribution in [0.1, 0.15) is 23.8 Å². The van der Waals surface area contributed by atoms with Crippen molar-refractivity contribution in [3.63, 3.8) is 0 Å². The molecule has 0 bridgehead atoms. The van der Waals surface area contributed by atoms with Crippen molar-refractivity contribution < 1.29 is 4.79 Å². The monoisotopic (exact) mass is 198 g/mol. The summed E-state index contributed by atoms with van der Waals surface area (Å²) in [5.41, 5.74) is 0.436. The molecule has 0 N–H and O–H groups in total. The van der Waals surface area contributed by atoms with Crippen LogP contribution in [-0.4, -0.2) is 15.6 Å². The number of nitrogens with zero attached hydrogens (tertiary/aromatic N) is 2. The van der Waals surface area contributed by atoms with Crippen LogP contribution in [0.4, 0.5) is 0 Å². The third kappa shape index (κ3) is 2.18. The number of aromatic nitrogens is 2. The number of carbonyl (C=O) groups excluding carboxylic acids is 1. The van der Waals surface area contributed by atoms with E-state index in [1.54, 1.807) is 13.1 Å². The number of ketones is 1. The standard InChI is InChI=1S/C9H11ClN2O/c1-3-4-5-8(13)9-7(10)6-11-12(9)2/h4-6H,3H2,1-2H3/b5-4+. The van der Waals surface area contributed by atoms with E-state index in [4.69, 9.17) is 11.6 Å². The lowest BCUT2D eigenvalue weighted by atomic mass is 10.2. The van der Waals surface area contributed by atoms with Gasteiger partial charge in [-0.1, -0.05) is 24.6 Å². The Labute approximate surface area is 82.0 Å². The highest BCUT2D eigenvalue weighted by Crippen LogP contribution is 2.14. The van der Waals surface area contributed by atoms with Gasteiger partial charge < -0.3 is 0 Å². The quantitative estimate of drug-likeness (QED) is 0.552. The highest BCUT2D eigenvalue weighted by atomic mass is 35.5. The molecule has 0 saturated heterocycles. The fourth-order valence-corrected chi connectivity index (χ4v) is 1.25. The van der Waals surface area contributed by atoms with Crippen molar-refractivity contribution in [3.05, 3.63) is 29.1 Å². The first-order chi connectivity index (χ1) is 6.16. The van der Waals surface area contributed by atoms with Crippen LogP contribution in [0.2, 0.25) is 5.02 Å². The zero-order valence-corrected chi connectivity index (χ0v) is 8.38. The van der Waals surface area contributed by atoms with Gasteiger partial charge >= 0.3 is 0 Å². The lowest BCUT2D eigenvalue weighted by molar-refractivity contribution is 0.103. The Balaban J connectivity index is 2.94. The van der Waals surface area contributed by atoms with Crippen LogP contribution in [-0.2, 0) is 7.05 Å². The van der Waals surface area contributed by atoms with Gasteiger partial charge in [0.2, 0.25) is 5.78 Å². The second-order valence-electron chi connectivity index (χ2n) is 2.64. The maximum Gasteiger partial charge on any atom is 0.205 e. The minimum atomic E-state index is -0.105. The molecule has 0 aromatic carbocycles.